The average molecular weight is 558 g/mol. The molecule has 2 aromatic carbocycles. The molecule has 1 amide bonds. The summed E-state index contributed by atoms with van der Waals surface area (Å²) in [6.45, 7) is 0.101. The predicted molar refractivity (Wildman–Crippen MR) is 140 cm³/mol. The number of benzene rings is 2. The van der Waals surface area contributed by atoms with Crippen molar-refractivity contribution in [3.8, 4) is 11.1 Å². The molecule has 0 fully saturated rings. The van der Waals surface area contributed by atoms with E-state index >= 15 is 0 Å². The van der Waals surface area contributed by atoms with Crippen molar-refractivity contribution in [3.05, 3.63) is 77.2 Å². The molecule has 2 aromatic heterocycles. The number of nitrogens with one attached hydrogen (secondary N) is 2. The number of aliphatic hydroxyl groups is 1. The molecule has 0 radical (unpaired) electrons. The molecule has 1 aliphatic rings. The summed E-state index contributed by atoms with van der Waals surface area (Å²) in [4.78, 5) is 21.7. The number of hydrogen-bond donors (Lipinski definition) is 3. The van der Waals surface area contributed by atoms with Gasteiger partial charge in [0.05, 0.1) is 19.3 Å². The zero-order valence-electron chi connectivity index (χ0n) is 20.4. The number of aromatic nitrogens is 4. The van der Waals surface area contributed by atoms with E-state index in [4.69, 9.17) is 11.6 Å². The highest BCUT2D eigenvalue weighted by Crippen LogP contribution is 2.32. The summed E-state index contributed by atoms with van der Waals surface area (Å²) in [6.07, 6.45) is 0.392. The van der Waals surface area contributed by atoms with Crippen LogP contribution in [0, 0.1) is 0 Å². The Morgan fingerprint density at radius 2 is 1.90 bits per heavy atom. The number of alkyl halides is 3. The van der Waals surface area contributed by atoms with Crippen LogP contribution in [0.2, 0.25) is 5.02 Å². The van der Waals surface area contributed by atoms with Crippen LogP contribution in [-0.2, 0) is 24.3 Å². The van der Waals surface area contributed by atoms with Crippen LogP contribution in [0.1, 0.15) is 11.1 Å². The standard InChI is InChI=1S/C26H23ClF3N7O2/c27-19-2-1-3-20(11-19)34-25-31-13-22(18-12-32-37(15-18)8-9-38)23(35-25)33-21-5-4-16-6-7-36(14-17(16)10-21)24(39)26(28,29)30/h1-5,10-13,15,38H,6-9,14H2,(H2,31,33,34,35). The van der Waals surface area contributed by atoms with Gasteiger partial charge in [0.15, 0.2) is 0 Å². The quantitative estimate of drug-likeness (QED) is 0.296. The Morgan fingerprint density at radius 3 is 2.67 bits per heavy atom. The summed E-state index contributed by atoms with van der Waals surface area (Å²) in [5.74, 6) is -1.15. The molecule has 0 atom stereocenters. The summed E-state index contributed by atoms with van der Waals surface area (Å²) >= 11 is 6.09. The molecular weight excluding hydrogens is 535 g/mol. The second-order valence-electron chi connectivity index (χ2n) is 8.89. The van der Waals surface area contributed by atoms with Crippen molar-refractivity contribution < 1.29 is 23.1 Å². The molecule has 9 nitrogen and oxygen atoms in total. The lowest BCUT2D eigenvalue weighted by molar-refractivity contribution is -0.186. The van der Waals surface area contributed by atoms with E-state index in [-0.39, 0.29) is 25.6 Å². The molecule has 5 rings (SSSR count). The number of halogens is 4. The minimum atomic E-state index is -4.92. The van der Waals surface area contributed by atoms with Gasteiger partial charge in [0.2, 0.25) is 5.95 Å². The Balaban J connectivity index is 1.46. The van der Waals surface area contributed by atoms with Crippen molar-refractivity contribution in [1.29, 1.82) is 0 Å². The van der Waals surface area contributed by atoms with Crippen LogP contribution in [0.5, 0.6) is 0 Å². The van der Waals surface area contributed by atoms with Crippen LogP contribution in [-0.4, -0.2) is 55.0 Å². The smallest absolute Gasteiger partial charge is 0.394 e. The van der Waals surface area contributed by atoms with Crippen molar-refractivity contribution in [2.24, 2.45) is 0 Å². The van der Waals surface area contributed by atoms with E-state index in [1.807, 2.05) is 18.2 Å². The van der Waals surface area contributed by atoms with E-state index in [2.05, 4.69) is 25.7 Å². The summed E-state index contributed by atoms with van der Waals surface area (Å²) in [5, 5.41) is 20.4. The molecule has 13 heteroatoms. The Hall–Kier alpha value is -4.16. The van der Waals surface area contributed by atoms with Gasteiger partial charge in [-0.25, -0.2) is 4.98 Å². The number of hydrogen-bond acceptors (Lipinski definition) is 7. The molecule has 0 spiro atoms. The second kappa shape index (κ2) is 10.9. The lowest BCUT2D eigenvalue weighted by atomic mass is 9.99. The van der Waals surface area contributed by atoms with Crippen LogP contribution in [0.25, 0.3) is 11.1 Å². The van der Waals surface area contributed by atoms with Gasteiger partial charge in [-0.15, -0.1) is 0 Å². The van der Waals surface area contributed by atoms with Crippen molar-refractivity contribution >= 4 is 40.6 Å². The Bertz CT molecular complexity index is 1510. The van der Waals surface area contributed by atoms with E-state index in [0.717, 1.165) is 10.5 Å². The number of nitrogens with zero attached hydrogens (tertiary/aromatic N) is 5. The van der Waals surface area contributed by atoms with Crippen molar-refractivity contribution in [2.75, 3.05) is 23.8 Å². The van der Waals surface area contributed by atoms with Gasteiger partial charge in [-0.3, -0.25) is 9.48 Å². The molecule has 0 aliphatic carbocycles. The van der Waals surface area contributed by atoms with E-state index < -0.39 is 12.1 Å². The topological polar surface area (TPSA) is 108 Å². The van der Waals surface area contributed by atoms with Gasteiger partial charge in [0.25, 0.3) is 0 Å². The first-order chi connectivity index (χ1) is 18.7. The largest absolute Gasteiger partial charge is 0.471 e. The van der Waals surface area contributed by atoms with Gasteiger partial charge >= 0.3 is 12.1 Å². The number of aliphatic hydroxyl groups excluding tert-OH is 1. The van der Waals surface area contributed by atoms with Gasteiger partial charge in [0, 0.05) is 53.0 Å². The highest BCUT2D eigenvalue weighted by Gasteiger charge is 2.43. The SMILES string of the molecule is O=C(N1CCc2ccc(Nc3nc(Nc4cccc(Cl)c4)ncc3-c3cnn(CCO)c3)cc2C1)C(F)(F)F. The first-order valence-electron chi connectivity index (χ1n) is 12.0. The maximum absolute atomic E-state index is 13.0. The molecule has 0 bridgehead atoms. The van der Waals surface area contributed by atoms with Crippen LogP contribution in [0.15, 0.2) is 61.1 Å². The van der Waals surface area contributed by atoms with Crippen LogP contribution >= 0.6 is 11.6 Å². The third-order valence-corrected chi connectivity index (χ3v) is 6.39. The van der Waals surface area contributed by atoms with Gasteiger partial charge in [-0.05, 0) is 47.9 Å². The van der Waals surface area contributed by atoms with Gasteiger partial charge < -0.3 is 20.6 Å². The molecule has 202 valence electrons. The molecule has 0 unspecified atom stereocenters. The van der Waals surface area contributed by atoms with Crippen LogP contribution in [0.4, 0.5) is 36.3 Å². The van der Waals surface area contributed by atoms with Gasteiger partial charge in [0.1, 0.15) is 5.82 Å². The molecule has 0 saturated heterocycles. The number of fused-ring (bicyclic) bond motifs is 1. The van der Waals surface area contributed by atoms with E-state index in [0.29, 0.717) is 51.9 Å². The van der Waals surface area contributed by atoms with Crippen molar-refractivity contribution in [3.63, 3.8) is 0 Å². The maximum atomic E-state index is 13.0. The molecular formula is C26H23ClF3N7O2. The normalized spacial score (nSPS) is 13.2. The third-order valence-electron chi connectivity index (χ3n) is 6.15. The summed E-state index contributed by atoms with van der Waals surface area (Å²) in [5.41, 5.74) is 4.06. The number of carbonyl (C=O) groups excluding carboxylic acids is 1. The molecule has 39 heavy (non-hydrogen) atoms. The zero-order valence-corrected chi connectivity index (χ0v) is 21.2. The van der Waals surface area contributed by atoms with Crippen molar-refractivity contribution in [1.82, 2.24) is 24.6 Å². The Morgan fingerprint density at radius 1 is 1.08 bits per heavy atom. The highest BCUT2D eigenvalue weighted by molar-refractivity contribution is 6.30. The van der Waals surface area contributed by atoms with E-state index in [1.165, 1.54) is 0 Å². The van der Waals surface area contributed by atoms with E-state index in [9.17, 15) is 23.1 Å². The van der Waals surface area contributed by atoms with Crippen LogP contribution in [0.3, 0.4) is 0 Å². The number of amides is 1. The lowest BCUT2D eigenvalue weighted by Gasteiger charge is -2.29. The summed E-state index contributed by atoms with van der Waals surface area (Å²) in [6, 6.07) is 12.4. The fourth-order valence-electron chi connectivity index (χ4n) is 4.30. The Kier molecular flexibility index (Phi) is 7.40. The number of rotatable bonds is 7. The second-order valence-corrected chi connectivity index (χ2v) is 9.33. The monoisotopic (exact) mass is 557 g/mol. The lowest BCUT2D eigenvalue weighted by Crippen LogP contribution is -2.43. The number of carbonyl (C=O) groups is 1. The van der Waals surface area contributed by atoms with Gasteiger partial charge in [-0.2, -0.15) is 23.3 Å². The molecule has 3 N–H and O–H groups in total. The predicted octanol–water partition coefficient (Wildman–Crippen LogP) is 4.92. The zero-order chi connectivity index (χ0) is 27.6. The molecule has 3 heterocycles. The molecule has 0 saturated carbocycles. The highest BCUT2D eigenvalue weighted by atomic mass is 35.5. The first kappa shape index (κ1) is 26.4. The summed E-state index contributed by atoms with van der Waals surface area (Å²) < 4.78 is 40.6. The van der Waals surface area contributed by atoms with Gasteiger partial charge in [-0.1, -0.05) is 23.7 Å². The minimum absolute atomic E-state index is 0.00450. The molecule has 4 aromatic rings. The fraction of sp³-hybridized carbons (Fsp3) is 0.231. The molecule has 1 aliphatic heterocycles. The summed E-state index contributed by atoms with van der Waals surface area (Å²) in [7, 11) is 0. The Labute approximate surface area is 226 Å². The third kappa shape index (κ3) is 6.13. The minimum Gasteiger partial charge on any atom is -0.394 e. The van der Waals surface area contributed by atoms with E-state index in [1.54, 1.807) is 47.5 Å². The average Bonchev–Trinajstić information content (AvgIpc) is 3.36. The fourth-order valence-corrected chi connectivity index (χ4v) is 4.49. The van der Waals surface area contributed by atoms with Crippen molar-refractivity contribution in [2.45, 2.75) is 25.7 Å². The van der Waals surface area contributed by atoms with Crippen LogP contribution < -0.4 is 10.6 Å². The number of anilines is 4. The maximum Gasteiger partial charge on any atom is 0.471 e. The first-order valence-corrected chi connectivity index (χ1v) is 12.4.